The molecule has 0 N–H and O–H groups in total. The van der Waals surface area contributed by atoms with Gasteiger partial charge < -0.3 is 9.64 Å². The fourth-order valence-electron chi connectivity index (χ4n) is 0.924. The van der Waals surface area contributed by atoms with Crippen molar-refractivity contribution in [1.29, 1.82) is 0 Å². The molecule has 0 unspecified atom stereocenters. The van der Waals surface area contributed by atoms with Gasteiger partial charge in [0, 0.05) is 14.8 Å². The number of ether oxygens (including phenoxy) is 1. The summed E-state index contributed by atoms with van der Waals surface area (Å²) in [5.41, 5.74) is 0. The molecule has 1 amide bonds. The third kappa shape index (κ3) is 5.22. The number of hydrogen-bond acceptors (Lipinski definition) is 3. The molecule has 0 spiro atoms. The molecule has 13 heavy (non-hydrogen) atoms. The third-order valence-electron chi connectivity index (χ3n) is 1.47. The Hall–Kier alpha value is -1.06. The maximum absolute atomic E-state index is 11.2. The number of carbonyl (C=O) groups excluding carboxylic acids is 2. The third-order valence-corrected chi connectivity index (χ3v) is 1.47. The molecular formula is C9H17NO3. The first kappa shape index (κ1) is 10.0. The maximum atomic E-state index is 11.2. The van der Waals surface area contributed by atoms with Crippen LogP contribution < -0.4 is 0 Å². The number of amides is 1. The summed E-state index contributed by atoms with van der Waals surface area (Å²) in [4.78, 5) is 23.6. The van der Waals surface area contributed by atoms with Gasteiger partial charge in [0.05, 0.1) is 6.61 Å². The minimum absolute atomic E-state index is 0.0423. The molecule has 0 aliphatic rings. The minimum atomic E-state index is -0.414. The van der Waals surface area contributed by atoms with Gasteiger partial charge in [0.25, 0.3) is 0 Å². The van der Waals surface area contributed by atoms with Crippen LogP contribution in [-0.4, -0.2) is 36.5 Å². The second kappa shape index (κ2) is 6.46. The van der Waals surface area contributed by atoms with Crippen LogP contribution in [0.1, 0.15) is 28.5 Å². The van der Waals surface area contributed by atoms with Gasteiger partial charge in [-0.25, -0.2) is 0 Å². The van der Waals surface area contributed by atoms with E-state index in [0.29, 0.717) is 13.2 Å². The Bertz CT molecular complexity index is 196. The molecule has 76 valence electrons. The lowest BCUT2D eigenvalue weighted by molar-refractivity contribution is -0.148. The fraction of sp³-hybridized carbons (Fsp3) is 0.778. The highest BCUT2D eigenvalue weighted by Crippen LogP contribution is 1.93. The molecule has 0 fully saturated rings. The van der Waals surface area contributed by atoms with E-state index in [1.165, 1.54) is 4.90 Å². The van der Waals surface area contributed by atoms with Crippen molar-refractivity contribution in [3.05, 3.63) is 0 Å². The summed E-state index contributed by atoms with van der Waals surface area (Å²) < 4.78 is 11.6. The van der Waals surface area contributed by atoms with Crippen molar-refractivity contribution < 1.29 is 15.7 Å². The monoisotopic (exact) mass is 189 g/mol. The highest BCUT2D eigenvalue weighted by Gasteiger charge is 2.12. The van der Waals surface area contributed by atoms with Crippen LogP contribution in [-0.2, 0) is 14.3 Å². The van der Waals surface area contributed by atoms with E-state index >= 15 is 0 Å². The second-order valence-corrected chi connectivity index (χ2v) is 2.62. The maximum Gasteiger partial charge on any atom is 0.325 e. The first-order chi connectivity index (χ1) is 6.65. The highest BCUT2D eigenvalue weighted by molar-refractivity contribution is 5.80. The number of hydrogen-bond donors (Lipinski definition) is 0. The van der Waals surface area contributed by atoms with Crippen LogP contribution >= 0.6 is 0 Å². The molecule has 0 heterocycles. The van der Waals surface area contributed by atoms with E-state index in [1.54, 1.807) is 6.92 Å². The molecule has 0 aliphatic carbocycles. The molecule has 0 saturated heterocycles. The lowest BCUT2D eigenvalue weighted by Gasteiger charge is -2.18. The van der Waals surface area contributed by atoms with Crippen molar-refractivity contribution in [3.63, 3.8) is 0 Å². The molecule has 0 bridgehead atoms. The van der Waals surface area contributed by atoms with Gasteiger partial charge in [-0.2, -0.15) is 0 Å². The molecule has 4 heteroatoms. The van der Waals surface area contributed by atoms with Gasteiger partial charge in [0.2, 0.25) is 5.91 Å². The smallest absolute Gasteiger partial charge is 0.325 e. The van der Waals surface area contributed by atoms with Gasteiger partial charge in [-0.15, -0.1) is 0 Å². The Morgan fingerprint density at radius 1 is 1.46 bits per heavy atom. The van der Waals surface area contributed by atoms with E-state index in [0.717, 1.165) is 6.42 Å². The van der Waals surface area contributed by atoms with Crippen molar-refractivity contribution in [2.45, 2.75) is 27.2 Å². The molecule has 0 aromatic heterocycles. The lowest BCUT2D eigenvalue weighted by atomic mass is 10.4. The quantitative estimate of drug-likeness (QED) is 0.601. The summed E-state index contributed by atoms with van der Waals surface area (Å²) >= 11 is 0. The van der Waals surface area contributed by atoms with Crippen LogP contribution in [0.5, 0.6) is 0 Å². The fourth-order valence-corrected chi connectivity index (χ4v) is 0.924. The van der Waals surface area contributed by atoms with Gasteiger partial charge in [-0.1, -0.05) is 6.92 Å². The summed E-state index contributed by atoms with van der Waals surface area (Å²) in [6.07, 6.45) is 0.769. The molecular weight excluding hydrogens is 170 g/mol. The van der Waals surface area contributed by atoms with Gasteiger partial charge in [0.15, 0.2) is 0 Å². The SMILES string of the molecule is [3H]CC(=O)N(CCC)CC(=O)OCC. The summed E-state index contributed by atoms with van der Waals surface area (Å²) in [6.45, 7) is 4.08. The Kier molecular flexibility index (Phi) is 4.98. The summed E-state index contributed by atoms with van der Waals surface area (Å²) in [6, 6.07) is 0. The van der Waals surface area contributed by atoms with Crippen LogP contribution in [0, 0.1) is 0 Å². The standard InChI is InChI=1S/C9H17NO3/c1-4-6-10(8(3)11)7-9(12)13-5-2/h4-7H2,1-3H3/i3T. The lowest BCUT2D eigenvalue weighted by Crippen LogP contribution is -2.35. The number of esters is 1. The Balaban J connectivity index is 4.08. The summed E-state index contributed by atoms with van der Waals surface area (Å²) in [7, 11) is 0. The normalized spacial score (nSPS) is 10.5. The molecule has 0 aliphatic heterocycles. The number of rotatable bonds is 5. The molecule has 0 aromatic carbocycles. The van der Waals surface area contributed by atoms with Crippen molar-refractivity contribution in [2.75, 3.05) is 19.7 Å². The topological polar surface area (TPSA) is 46.6 Å². The average Bonchev–Trinajstić information content (AvgIpc) is 2.16. The first-order valence-corrected chi connectivity index (χ1v) is 4.38. The van der Waals surface area contributed by atoms with Gasteiger partial charge in [-0.05, 0) is 13.3 Å². The molecule has 0 atom stereocenters. The van der Waals surface area contributed by atoms with Gasteiger partial charge in [-0.3, -0.25) is 9.59 Å². The van der Waals surface area contributed by atoms with Crippen LogP contribution in [0.4, 0.5) is 0 Å². The van der Waals surface area contributed by atoms with Crippen LogP contribution in [0.25, 0.3) is 0 Å². The van der Waals surface area contributed by atoms with Crippen molar-refractivity contribution in [2.24, 2.45) is 0 Å². The van der Waals surface area contributed by atoms with E-state index in [9.17, 15) is 9.59 Å². The molecule has 0 aromatic rings. The Labute approximate surface area is 80.3 Å². The predicted octanol–water partition coefficient (Wildman–Crippen LogP) is 0.808. The van der Waals surface area contributed by atoms with Crippen molar-refractivity contribution in [1.82, 2.24) is 4.90 Å². The van der Waals surface area contributed by atoms with Crippen LogP contribution in [0.15, 0.2) is 0 Å². The summed E-state index contributed by atoms with van der Waals surface area (Å²) in [5.74, 6) is -0.748. The zero-order valence-corrected chi connectivity index (χ0v) is 8.21. The predicted molar refractivity (Wildman–Crippen MR) is 49.2 cm³/mol. The van der Waals surface area contributed by atoms with E-state index < -0.39 is 5.97 Å². The average molecular weight is 189 g/mol. The van der Waals surface area contributed by atoms with Crippen LogP contribution in [0.3, 0.4) is 0 Å². The first-order valence-electron chi connectivity index (χ1n) is 5.09. The van der Waals surface area contributed by atoms with E-state index in [1.807, 2.05) is 6.92 Å². The largest absolute Gasteiger partial charge is 0.465 e. The van der Waals surface area contributed by atoms with E-state index in [2.05, 4.69) is 0 Å². The Morgan fingerprint density at radius 3 is 2.62 bits per heavy atom. The number of nitrogens with zero attached hydrogens (tertiary/aromatic N) is 1. The van der Waals surface area contributed by atoms with Gasteiger partial charge >= 0.3 is 5.97 Å². The van der Waals surface area contributed by atoms with E-state index in [-0.39, 0.29) is 19.4 Å². The zero-order valence-electron chi connectivity index (χ0n) is 9.21. The van der Waals surface area contributed by atoms with Gasteiger partial charge in [0.1, 0.15) is 6.54 Å². The highest BCUT2D eigenvalue weighted by atomic mass is 16.5. The molecule has 0 saturated carbocycles. The minimum Gasteiger partial charge on any atom is -0.465 e. The van der Waals surface area contributed by atoms with Crippen molar-refractivity contribution in [3.8, 4) is 0 Å². The van der Waals surface area contributed by atoms with Crippen LogP contribution in [0.2, 0.25) is 0 Å². The molecule has 0 rings (SSSR count). The zero-order chi connectivity index (χ0) is 11.0. The second-order valence-electron chi connectivity index (χ2n) is 2.62. The Morgan fingerprint density at radius 2 is 2.15 bits per heavy atom. The molecule has 0 radical (unpaired) electrons. The van der Waals surface area contributed by atoms with Crippen molar-refractivity contribution >= 4 is 11.9 Å². The summed E-state index contributed by atoms with van der Waals surface area (Å²) in [5, 5.41) is 0. The molecule has 4 nitrogen and oxygen atoms in total. The number of carbonyl (C=O) groups is 2. The van der Waals surface area contributed by atoms with E-state index in [4.69, 9.17) is 6.11 Å².